The van der Waals surface area contributed by atoms with Crippen molar-refractivity contribution in [1.82, 2.24) is 0 Å². The Labute approximate surface area is 66.3 Å². The number of ether oxygens (including phenoxy) is 2. The first-order valence-corrected chi connectivity index (χ1v) is 4.29. The van der Waals surface area contributed by atoms with E-state index in [1.165, 1.54) is 0 Å². The second-order valence-corrected chi connectivity index (χ2v) is 3.27. The largest absolute Gasteiger partial charge is 0.387 e. The molecule has 2 atom stereocenters. The van der Waals surface area contributed by atoms with E-state index in [-0.39, 0.29) is 0 Å². The highest BCUT2D eigenvalue weighted by Gasteiger charge is 2.45. The normalized spacial score (nSPS) is 45.0. The van der Waals surface area contributed by atoms with Gasteiger partial charge in [-0.2, -0.15) is 0 Å². The molecule has 3 heteroatoms. The van der Waals surface area contributed by atoms with Gasteiger partial charge in [0.25, 0.3) is 0 Å². The summed E-state index contributed by atoms with van der Waals surface area (Å²) in [7, 11) is 0. The van der Waals surface area contributed by atoms with Crippen LogP contribution in [0.5, 0.6) is 0 Å². The van der Waals surface area contributed by atoms with Gasteiger partial charge < -0.3 is 14.6 Å². The third-order valence-electron chi connectivity index (χ3n) is 2.51. The molecule has 0 unspecified atom stereocenters. The molecule has 1 N–H and O–H groups in total. The van der Waals surface area contributed by atoms with Crippen LogP contribution >= 0.6 is 0 Å². The molecule has 0 bridgehead atoms. The molecule has 0 aromatic carbocycles. The summed E-state index contributed by atoms with van der Waals surface area (Å²) in [5.41, 5.74) is 0. The Kier molecular flexibility index (Phi) is 1.87. The molecule has 64 valence electrons. The van der Waals surface area contributed by atoms with E-state index in [0.717, 1.165) is 32.3 Å². The Morgan fingerprint density at radius 3 is 2.55 bits per heavy atom. The van der Waals surface area contributed by atoms with Gasteiger partial charge in [-0.3, -0.25) is 0 Å². The van der Waals surface area contributed by atoms with Gasteiger partial charge in [-0.1, -0.05) is 0 Å². The van der Waals surface area contributed by atoms with Crippen LogP contribution in [0.2, 0.25) is 0 Å². The molecule has 2 aliphatic heterocycles. The quantitative estimate of drug-likeness (QED) is 0.563. The molecule has 0 aromatic rings. The summed E-state index contributed by atoms with van der Waals surface area (Å²) >= 11 is 0. The van der Waals surface area contributed by atoms with Crippen LogP contribution in [0.3, 0.4) is 0 Å². The maximum absolute atomic E-state index is 9.55. The summed E-state index contributed by atoms with van der Waals surface area (Å²) in [6, 6.07) is 0. The van der Waals surface area contributed by atoms with E-state index >= 15 is 0 Å². The average Bonchev–Trinajstić information content (AvgIpc) is 2.36. The minimum absolute atomic E-state index is 0.400. The van der Waals surface area contributed by atoms with Crippen LogP contribution in [-0.4, -0.2) is 30.2 Å². The number of aliphatic hydroxyl groups excluding tert-OH is 1. The van der Waals surface area contributed by atoms with Gasteiger partial charge in [0.1, 0.15) is 6.10 Å². The third kappa shape index (κ3) is 1.17. The van der Waals surface area contributed by atoms with Gasteiger partial charge in [-0.25, -0.2) is 0 Å². The lowest BCUT2D eigenvalue weighted by atomic mass is 10.0. The molecule has 0 saturated carbocycles. The Morgan fingerprint density at radius 1 is 1.18 bits per heavy atom. The van der Waals surface area contributed by atoms with E-state index < -0.39 is 11.9 Å². The fourth-order valence-corrected chi connectivity index (χ4v) is 1.83. The van der Waals surface area contributed by atoms with E-state index in [9.17, 15) is 5.11 Å². The molecular formula is C8H14O3. The molecule has 2 fully saturated rings. The van der Waals surface area contributed by atoms with Gasteiger partial charge >= 0.3 is 0 Å². The molecule has 2 saturated heterocycles. The summed E-state index contributed by atoms with van der Waals surface area (Å²) in [5.74, 6) is -0.613. The van der Waals surface area contributed by atoms with Crippen molar-refractivity contribution in [3.8, 4) is 0 Å². The molecule has 2 aliphatic rings. The van der Waals surface area contributed by atoms with Crippen molar-refractivity contribution in [2.45, 2.75) is 37.6 Å². The summed E-state index contributed by atoms with van der Waals surface area (Å²) in [6.45, 7) is 1.37. The third-order valence-corrected chi connectivity index (χ3v) is 2.51. The zero-order valence-electron chi connectivity index (χ0n) is 6.58. The van der Waals surface area contributed by atoms with Crippen LogP contribution in [0.25, 0.3) is 0 Å². The lowest BCUT2D eigenvalue weighted by Gasteiger charge is -2.34. The first-order chi connectivity index (χ1) is 5.33. The Balaban J connectivity index is 2.06. The van der Waals surface area contributed by atoms with Gasteiger partial charge in [0.05, 0.1) is 13.2 Å². The van der Waals surface area contributed by atoms with E-state index in [1.807, 2.05) is 0 Å². The van der Waals surface area contributed by atoms with Crippen molar-refractivity contribution in [2.24, 2.45) is 0 Å². The van der Waals surface area contributed by atoms with Gasteiger partial charge in [0.15, 0.2) is 5.79 Å². The summed E-state index contributed by atoms with van der Waals surface area (Å²) in [6.07, 6.45) is 3.38. The van der Waals surface area contributed by atoms with Gasteiger partial charge in [-0.05, 0) is 12.8 Å². The molecule has 11 heavy (non-hydrogen) atoms. The minimum atomic E-state index is -0.613. The smallest absolute Gasteiger partial charge is 0.194 e. The zero-order valence-corrected chi connectivity index (χ0v) is 6.58. The predicted octanol–water partition coefficient (Wildman–Crippen LogP) is 0.664. The van der Waals surface area contributed by atoms with E-state index in [2.05, 4.69) is 0 Å². The molecule has 2 heterocycles. The highest BCUT2D eigenvalue weighted by molar-refractivity contribution is 4.86. The Bertz CT molecular complexity index is 140. The van der Waals surface area contributed by atoms with Gasteiger partial charge in [-0.15, -0.1) is 0 Å². The molecule has 3 nitrogen and oxygen atoms in total. The van der Waals surface area contributed by atoms with Crippen LogP contribution < -0.4 is 0 Å². The van der Waals surface area contributed by atoms with E-state index in [1.54, 1.807) is 0 Å². The lowest BCUT2D eigenvalue weighted by molar-refractivity contribution is -0.263. The number of rotatable bonds is 0. The Morgan fingerprint density at radius 2 is 2.00 bits per heavy atom. The van der Waals surface area contributed by atoms with Crippen molar-refractivity contribution in [3.05, 3.63) is 0 Å². The van der Waals surface area contributed by atoms with E-state index in [4.69, 9.17) is 9.47 Å². The van der Waals surface area contributed by atoms with Crippen LogP contribution in [-0.2, 0) is 9.47 Å². The summed E-state index contributed by atoms with van der Waals surface area (Å²) in [5, 5.41) is 9.55. The maximum Gasteiger partial charge on any atom is 0.194 e. The number of aliphatic hydroxyl groups is 1. The molecule has 2 rings (SSSR count). The van der Waals surface area contributed by atoms with Crippen LogP contribution in [0.1, 0.15) is 25.7 Å². The topological polar surface area (TPSA) is 38.7 Å². The second-order valence-electron chi connectivity index (χ2n) is 3.27. The molecular weight excluding hydrogens is 144 g/mol. The van der Waals surface area contributed by atoms with Crippen LogP contribution in [0, 0.1) is 0 Å². The molecule has 0 radical (unpaired) electrons. The lowest BCUT2D eigenvalue weighted by Crippen LogP contribution is -2.44. The van der Waals surface area contributed by atoms with Crippen LogP contribution in [0.4, 0.5) is 0 Å². The van der Waals surface area contributed by atoms with Gasteiger partial charge in [0.2, 0.25) is 0 Å². The van der Waals surface area contributed by atoms with Crippen LogP contribution in [0.15, 0.2) is 0 Å². The molecule has 0 aromatic heterocycles. The summed E-state index contributed by atoms with van der Waals surface area (Å²) < 4.78 is 10.9. The Hall–Kier alpha value is -0.120. The highest BCUT2D eigenvalue weighted by atomic mass is 16.7. The second kappa shape index (κ2) is 2.73. The molecule has 0 aliphatic carbocycles. The fourth-order valence-electron chi connectivity index (χ4n) is 1.83. The molecule has 0 amide bonds. The van der Waals surface area contributed by atoms with Crippen molar-refractivity contribution in [1.29, 1.82) is 0 Å². The summed E-state index contributed by atoms with van der Waals surface area (Å²) in [4.78, 5) is 0. The first-order valence-electron chi connectivity index (χ1n) is 4.29. The molecule has 1 spiro atoms. The fraction of sp³-hybridized carbons (Fsp3) is 1.00. The monoisotopic (exact) mass is 158 g/mol. The first kappa shape index (κ1) is 7.53. The van der Waals surface area contributed by atoms with E-state index in [0.29, 0.717) is 6.61 Å². The van der Waals surface area contributed by atoms with Crippen molar-refractivity contribution < 1.29 is 14.6 Å². The number of hydrogen-bond donors (Lipinski definition) is 1. The average molecular weight is 158 g/mol. The SMILES string of the molecule is O[C@@H]1CCO[C@@]12CCCCO2. The zero-order chi connectivity index (χ0) is 7.73. The van der Waals surface area contributed by atoms with Crippen molar-refractivity contribution in [2.75, 3.05) is 13.2 Å². The van der Waals surface area contributed by atoms with Crippen molar-refractivity contribution >= 4 is 0 Å². The maximum atomic E-state index is 9.55. The number of hydrogen-bond acceptors (Lipinski definition) is 3. The van der Waals surface area contributed by atoms with Gasteiger partial charge in [0, 0.05) is 12.8 Å². The predicted molar refractivity (Wildman–Crippen MR) is 39.1 cm³/mol. The minimum Gasteiger partial charge on any atom is -0.387 e. The standard InChI is InChI=1S/C8H14O3/c9-7-3-6-11-8(7)4-1-2-5-10-8/h7,9H,1-6H2/t7-,8+/m1/s1. The van der Waals surface area contributed by atoms with Crippen molar-refractivity contribution in [3.63, 3.8) is 0 Å². The highest BCUT2D eigenvalue weighted by Crippen LogP contribution is 2.35.